The van der Waals surface area contributed by atoms with Gasteiger partial charge in [0.25, 0.3) is 0 Å². The number of unbranched alkanes of at least 4 members (excludes halogenated alkanes) is 1. The predicted octanol–water partition coefficient (Wildman–Crippen LogP) is 3.39. The number of allylic oxidation sites excluding steroid dienone is 2. The Kier molecular flexibility index (Phi) is 4.43. The van der Waals surface area contributed by atoms with Crippen LogP contribution in [0.2, 0.25) is 24.7 Å². The van der Waals surface area contributed by atoms with Crippen LogP contribution in [0.25, 0.3) is 0 Å². The van der Waals surface area contributed by atoms with E-state index in [1.54, 1.807) is 0 Å². The SMILES string of the molecule is C[Si]1(CCCC=O)CCC=CCC1. The molecule has 1 aliphatic heterocycles. The third kappa shape index (κ3) is 3.90. The molecule has 1 aliphatic rings. The van der Waals surface area contributed by atoms with Gasteiger partial charge in [0, 0.05) is 6.42 Å². The summed E-state index contributed by atoms with van der Waals surface area (Å²) >= 11 is 0. The van der Waals surface area contributed by atoms with Crippen LogP contribution >= 0.6 is 0 Å². The van der Waals surface area contributed by atoms with Crippen molar-refractivity contribution >= 4 is 14.4 Å². The first-order valence-corrected chi connectivity index (χ1v) is 8.48. The first-order chi connectivity index (χ1) is 6.27. The third-order valence-electron chi connectivity index (χ3n) is 3.10. The molecule has 0 aromatic heterocycles. The molecule has 13 heavy (non-hydrogen) atoms. The van der Waals surface area contributed by atoms with Gasteiger partial charge in [-0.2, -0.15) is 0 Å². The second kappa shape index (κ2) is 5.38. The van der Waals surface area contributed by atoms with E-state index in [-0.39, 0.29) is 0 Å². The summed E-state index contributed by atoms with van der Waals surface area (Å²) in [7, 11) is -0.946. The zero-order chi connectivity index (χ0) is 9.57. The Labute approximate surface area is 82.2 Å². The molecular weight excluding hydrogens is 176 g/mol. The maximum atomic E-state index is 10.2. The second-order valence-electron chi connectivity index (χ2n) is 4.42. The largest absolute Gasteiger partial charge is 0.303 e. The average Bonchev–Trinajstić information content (AvgIpc) is 2.31. The van der Waals surface area contributed by atoms with Gasteiger partial charge in [0.1, 0.15) is 6.29 Å². The van der Waals surface area contributed by atoms with E-state index in [2.05, 4.69) is 18.7 Å². The highest BCUT2D eigenvalue weighted by molar-refractivity contribution is 6.78. The van der Waals surface area contributed by atoms with Crippen molar-refractivity contribution < 1.29 is 4.79 Å². The molecule has 0 bridgehead atoms. The molecule has 1 rings (SSSR count). The Morgan fingerprint density at radius 2 is 1.92 bits per heavy atom. The van der Waals surface area contributed by atoms with Gasteiger partial charge in [-0.15, -0.1) is 0 Å². The Hall–Kier alpha value is -0.373. The molecule has 2 heteroatoms. The molecule has 0 fully saturated rings. The minimum absolute atomic E-state index is 0.774. The Morgan fingerprint density at radius 1 is 1.31 bits per heavy atom. The summed E-state index contributed by atoms with van der Waals surface area (Å²) in [6.07, 6.45) is 10.2. The van der Waals surface area contributed by atoms with Crippen LogP contribution in [0, 0.1) is 0 Å². The molecule has 0 unspecified atom stereocenters. The topological polar surface area (TPSA) is 17.1 Å². The van der Waals surface area contributed by atoms with Gasteiger partial charge in [-0.25, -0.2) is 0 Å². The minimum Gasteiger partial charge on any atom is -0.303 e. The molecule has 0 aromatic rings. The van der Waals surface area contributed by atoms with Gasteiger partial charge >= 0.3 is 0 Å². The molecule has 1 nitrogen and oxygen atoms in total. The van der Waals surface area contributed by atoms with E-state index >= 15 is 0 Å². The standard InChI is InChI=1S/C11H20OSi/c1-13(11-7-4-8-12)9-5-2-3-6-10-13/h2-3,8H,4-7,9-11H2,1H3. The van der Waals surface area contributed by atoms with Crippen molar-refractivity contribution in [3.63, 3.8) is 0 Å². The number of aldehydes is 1. The van der Waals surface area contributed by atoms with E-state index in [9.17, 15) is 4.79 Å². The monoisotopic (exact) mass is 196 g/mol. The van der Waals surface area contributed by atoms with Crippen LogP contribution in [0.4, 0.5) is 0 Å². The number of hydrogen-bond acceptors (Lipinski definition) is 1. The molecule has 74 valence electrons. The van der Waals surface area contributed by atoms with Gasteiger partial charge in [0.15, 0.2) is 0 Å². The lowest BCUT2D eigenvalue weighted by atomic mass is 10.4. The molecule has 0 atom stereocenters. The Morgan fingerprint density at radius 3 is 2.46 bits per heavy atom. The Balaban J connectivity index is 2.31. The van der Waals surface area contributed by atoms with Gasteiger partial charge in [-0.1, -0.05) is 36.8 Å². The van der Waals surface area contributed by atoms with Crippen molar-refractivity contribution in [3.8, 4) is 0 Å². The number of hydrogen-bond donors (Lipinski definition) is 0. The van der Waals surface area contributed by atoms with E-state index in [0.29, 0.717) is 0 Å². The van der Waals surface area contributed by atoms with Gasteiger partial charge in [-0.3, -0.25) is 0 Å². The third-order valence-corrected chi connectivity index (χ3v) is 7.65. The van der Waals surface area contributed by atoms with Crippen LogP contribution in [0.5, 0.6) is 0 Å². The summed E-state index contributed by atoms with van der Waals surface area (Å²) in [5.74, 6) is 0. The first kappa shape index (κ1) is 10.7. The lowest BCUT2D eigenvalue weighted by Crippen LogP contribution is -2.28. The number of rotatable bonds is 4. The van der Waals surface area contributed by atoms with Crippen LogP contribution in [-0.2, 0) is 4.79 Å². The summed E-state index contributed by atoms with van der Waals surface area (Å²) in [5, 5.41) is 0. The molecule has 0 aliphatic carbocycles. The number of carbonyl (C=O) groups excluding carboxylic acids is 1. The maximum Gasteiger partial charge on any atom is 0.119 e. The highest BCUT2D eigenvalue weighted by atomic mass is 28.3. The van der Waals surface area contributed by atoms with E-state index in [1.807, 2.05) is 0 Å². The predicted molar refractivity (Wildman–Crippen MR) is 59.7 cm³/mol. The van der Waals surface area contributed by atoms with Crippen LogP contribution in [0.3, 0.4) is 0 Å². The fourth-order valence-electron chi connectivity index (χ4n) is 2.09. The van der Waals surface area contributed by atoms with Crippen molar-refractivity contribution in [2.75, 3.05) is 0 Å². The minimum atomic E-state index is -0.946. The zero-order valence-electron chi connectivity index (χ0n) is 8.59. The highest BCUT2D eigenvalue weighted by Crippen LogP contribution is 2.28. The van der Waals surface area contributed by atoms with Crippen molar-refractivity contribution in [2.24, 2.45) is 0 Å². The van der Waals surface area contributed by atoms with Crippen LogP contribution in [-0.4, -0.2) is 14.4 Å². The maximum absolute atomic E-state index is 10.2. The average molecular weight is 196 g/mol. The van der Waals surface area contributed by atoms with Crippen LogP contribution < -0.4 is 0 Å². The fraction of sp³-hybridized carbons (Fsp3) is 0.727. The van der Waals surface area contributed by atoms with E-state index in [4.69, 9.17) is 0 Å². The summed E-state index contributed by atoms with van der Waals surface area (Å²) < 4.78 is 0. The molecule has 1 heterocycles. The van der Waals surface area contributed by atoms with E-state index in [0.717, 1.165) is 19.1 Å². The van der Waals surface area contributed by atoms with Crippen LogP contribution in [0.15, 0.2) is 12.2 Å². The first-order valence-electron chi connectivity index (χ1n) is 5.35. The molecule has 0 spiro atoms. The zero-order valence-corrected chi connectivity index (χ0v) is 9.59. The normalized spacial score (nSPS) is 21.0. The van der Waals surface area contributed by atoms with Crippen molar-refractivity contribution in [1.29, 1.82) is 0 Å². The van der Waals surface area contributed by atoms with Crippen molar-refractivity contribution in [2.45, 2.75) is 50.4 Å². The quantitative estimate of drug-likeness (QED) is 0.291. The van der Waals surface area contributed by atoms with E-state index < -0.39 is 8.07 Å². The smallest absolute Gasteiger partial charge is 0.119 e. The second-order valence-corrected chi connectivity index (χ2v) is 9.54. The summed E-state index contributed by atoms with van der Waals surface area (Å²) in [4.78, 5) is 10.2. The lowest BCUT2D eigenvalue weighted by Gasteiger charge is -2.25. The molecule has 0 N–H and O–H groups in total. The van der Waals surface area contributed by atoms with Gasteiger partial charge in [-0.05, 0) is 19.3 Å². The number of carbonyl (C=O) groups is 1. The Bertz CT molecular complexity index is 177. The fourth-order valence-corrected chi connectivity index (χ4v) is 5.62. The van der Waals surface area contributed by atoms with Gasteiger partial charge in [0.05, 0.1) is 8.07 Å². The molecule has 0 radical (unpaired) electrons. The molecule has 0 amide bonds. The summed E-state index contributed by atoms with van der Waals surface area (Å²) in [6, 6.07) is 4.22. The molecule has 0 saturated heterocycles. The molecular formula is C11H20OSi. The summed E-state index contributed by atoms with van der Waals surface area (Å²) in [5.41, 5.74) is 0. The molecule has 0 aromatic carbocycles. The van der Waals surface area contributed by atoms with E-state index in [1.165, 1.54) is 31.0 Å². The van der Waals surface area contributed by atoms with Gasteiger partial charge < -0.3 is 4.79 Å². The highest BCUT2D eigenvalue weighted by Gasteiger charge is 2.25. The van der Waals surface area contributed by atoms with Crippen LogP contribution in [0.1, 0.15) is 25.7 Å². The van der Waals surface area contributed by atoms with Gasteiger partial charge in [0.2, 0.25) is 0 Å². The van der Waals surface area contributed by atoms with Crippen molar-refractivity contribution in [3.05, 3.63) is 12.2 Å². The summed E-state index contributed by atoms with van der Waals surface area (Å²) in [6.45, 7) is 2.50. The molecule has 0 saturated carbocycles. The lowest BCUT2D eigenvalue weighted by molar-refractivity contribution is -0.107. The van der Waals surface area contributed by atoms with Crippen molar-refractivity contribution in [1.82, 2.24) is 0 Å².